The van der Waals surface area contributed by atoms with E-state index in [4.69, 9.17) is 0 Å². The van der Waals surface area contributed by atoms with Crippen LogP contribution in [0, 0.1) is 6.92 Å². The highest BCUT2D eigenvalue weighted by atomic mass is 19.3. The van der Waals surface area contributed by atoms with E-state index in [0.29, 0.717) is 39.5 Å². The van der Waals surface area contributed by atoms with Crippen molar-refractivity contribution < 1.29 is 13.6 Å². The van der Waals surface area contributed by atoms with Gasteiger partial charge in [-0.05, 0) is 36.8 Å². The number of alkyl halides is 2. The Balaban J connectivity index is 1.48. The van der Waals surface area contributed by atoms with Crippen LogP contribution in [0.2, 0.25) is 0 Å². The van der Waals surface area contributed by atoms with Crippen LogP contribution < -0.4 is 10.6 Å². The largest absolute Gasteiger partial charge is 0.339 e. The first-order chi connectivity index (χ1) is 17.4. The fraction of sp³-hybridized carbons (Fsp3) is 0.120. The summed E-state index contributed by atoms with van der Waals surface area (Å²) >= 11 is 0. The third-order valence-corrected chi connectivity index (χ3v) is 5.56. The van der Waals surface area contributed by atoms with E-state index in [9.17, 15) is 13.6 Å². The Bertz CT molecular complexity index is 1570. The number of carbonyl (C=O) groups is 1. The highest BCUT2D eigenvalue weighted by molar-refractivity contribution is 6.05. The van der Waals surface area contributed by atoms with E-state index in [2.05, 4.69) is 35.7 Å². The number of nitrogens with one attached hydrogen (secondary N) is 2. The molecule has 0 spiro atoms. The normalized spacial score (nSPS) is 11.1. The lowest BCUT2D eigenvalue weighted by Gasteiger charge is -2.13. The molecule has 0 aliphatic rings. The van der Waals surface area contributed by atoms with Crippen molar-refractivity contribution in [1.29, 1.82) is 0 Å². The molecule has 1 amide bonds. The molecule has 3 heterocycles. The number of aryl methyl sites for hydroxylation is 2. The molecule has 180 valence electrons. The molecule has 5 aromatic rings. The fourth-order valence-electron chi connectivity index (χ4n) is 3.64. The van der Waals surface area contributed by atoms with Crippen molar-refractivity contribution in [3.63, 3.8) is 0 Å². The number of carbonyl (C=O) groups excluding carboxylic acids is 1. The lowest BCUT2D eigenvalue weighted by molar-refractivity contribution is 0.102. The predicted molar refractivity (Wildman–Crippen MR) is 131 cm³/mol. The van der Waals surface area contributed by atoms with Gasteiger partial charge in [-0.15, -0.1) is 0 Å². The zero-order chi connectivity index (χ0) is 25.2. The van der Waals surface area contributed by atoms with Crippen molar-refractivity contribution in [1.82, 2.24) is 29.7 Å². The Kier molecular flexibility index (Phi) is 6.03. The highest BCUT2D eigenvalue weighted by Crippen LogP contribution is 2.29. The lowest BCUT2D eigenvalue weighted by atomic mass is 10.1. The molecule has 0 saturated heterocycles. The van der Waals surface area contributed by atoms with E-state index in [1.165, 1.54) is 24.5 Å². The molecular weight excluding hydrogens is 466 g/mol. The summed E-state index contributed by atoms with van der Waals surface area (Å²) in [6.07, 6.45) is 3.70. The fourth-order valence-corrected chi connectivity index (χ4v) is 3.64. The van der Waals surface area contributed by atoms with Crippen LogP contribution in [0.1, 0.15) is 27.9 Å². The smallest absolute Gasteiger partial charge is 0.263 e. The second-order valence-electron chi connectivity index (χ2n) is 8.06. The van der Waals surface area contributed by atoms with Crippen molar-refractivity contribution >= 4 is 34.1 Å². The predicted octanol–water partition coefficient (Wildman–Crippen LogP) is 5.06. The Labute approximate surface area is 204 Å². The van der Waals surface area contributed by atoms with Gasteiger partial charge in [-0.3, -0.25) is 9.48 Å². The van der Waals surface area contributed by atoms with Crippen LogP contribution in [0.25, 0.3) is 22.4 Å². The Morgan fingerprint density at radius 2 is 1.83 bits per heavy atom. The van der Waals surface area contributed by atoms with Crippen molar-refractivity contribution in [2.45, 2.75) is 13.3 Å². The molecule has 36 heavy (non-hydrogen) atoms. The molecule has 9 nitrogen and oxygen atoms in total. The van der Waals surface area contributed by atoms with Crippen LogP contribution in [-0.2, 0) is 7.05 Å². The molecule has 0 aliphatic carbocycles. The second kappa shape index (κ2) is 9.45. The summed E-state index contributed by atoms with van der Waals surface area (Å²) in [7, 11) is 1.78. The molecule has 5 rings (SSSR count). The standard InChI is InChI=1S/C25H20F2N8O/c1-14-6-7-16(25(36)31-18-5-3-4-15(8-18)21(26)27)9-20(14)32-23-19-12-30-35(2)24(19)34-22(33-23)17-10-28-13-29-11-17/h3-13,21H,1-2H3,(H,31,36)(H,32,33,34). The summed E-state index contributed by atoms with van der Waals surface area (Å²) in [6.45, 7) is 1.89. The average Bonchev–Trinajstić information content (AvgIpc) is 3.26. The van der Waals surface area contributed by atoms with E-state index in [-0.39, 0.29) is 11.3 Å². The number of hydrogen-bond donors (Lipinski definition) is 2. The molecule has 0 atom stereocenters. The molecule has 11 heteroatoms. The summed E-state index contributed by atoms with van der Waals surface area (Å²) in [6, 6.07) is 10.7. The van der Waals surface area contributed by atoms with Crippen LogP contribution >= 0.6 is 0 Å². The third-order valence-electron chi connectivity index (χ3n) is 5.56. The Morgan fingerprint density at radius 3 is 2.61 bits per heavy atom. The first kappa shape index (κ1) is 23.0. The molecule has 3 aromatic heterocycles. The summed E-state index contributed by atoms with van der Waals surface area (Å²) < 4.78 is 27.7. The van der Waals surface area contributed by atoms with Gasteiger partial charge in [0.1, 0.15) is 12.1 Å². The van der Waals surface area contributed by atoms with Gasteiger partial charge < -0.3 is 10.6 Å². The molecule has 0 unspecified atom stereocenters. The molecule has 2 aromatic carbocycles. The minimum absolute atomic E-state index is 0.164. The zero-order valence-corrected chi connectivity index (χ0v) is 19.3. The number of fused-ring (bicyclic) bond motifs is 1. The van der Waals surface area contributed by atoms with Gasteiger partial charge in [0.2, 0.25) is 0 Å². The number of anilines is 3. The number of halogens is 2. The van der Waals surface area contributed by atoms with Gasteiger partial charge >= 0.3 is 0 Å². The molecule has 0 saturated carbocycles. The first-order valence-corrected chi connectivity index (χ1v) is 10.9. The highest BCUT2D eigenvalue weighted by Gasteiger charge is 2.16. The van der Waals surface area contributed by atoms with Crippen LogP contribution in [0.15, 0.2) is 67.4 Å². The SMILES string of the molecule is Cc1ccc(C(=O)Nc2cccc(C(F)F)c2)cc1Nc1nc(-c2cncnc2)nc2c1cnn2C. The summed E-state index contributed by atoms with van der Waals surface area (Å²) in [5, 5.41) is 11.0. The van der Waals surface area contributed by atoms with E-state index in [1.54, 1.807) is 54.6 Å². The van der Waals surface area contributed by atoms with Gasteiger partial charge in [0.25, 0.3) is 12.3 Å². The minimum Gasteiger partial charge on any atom is -0.339 e. The summed E-state index contributed by atoms with van der Waals surface area (Å²) in [5.74, 6) is 0.484. The molecular formula is C25H20F2N8O. The van der Waals surface area contributed by atoms with Gasteiger partial charge in [-0.25, -0.2) is 28.7 Å². The molecule has 0 bridgehead atoms. The first-order valence-electron chi connectivity index (χ1n) is 10.9. The molecule has 0 aliphatic heterocycles. The minimum atomic E-state index is -2.62. The summed E-state index contributed by atoms with van der Waals surface area (Å²) in [4.78, 5) is 30.2. The number of benzene rings is 2. The van der Waals surface area contributed by atoms with E-state index >= 15 is 0 Å². The monoisotopic (exact) mass is 486 g/mol. The number of rotatable bonds is 6. The van der Waals surface area contributed by atoms with Gasteiger partial charge in [0.05, 0.1) is 17.1 Å². The van der Waals surface area contributed by atoms with Crippen molar-refractivity contribution in [3.8, 4) is 11.4 Å². The molecule has 2 N–H and O–H groups in total. The molecule has 0 fully saturated rings. The van der Waals surface area contributed by atoms with Crippen molar-refractivity contribution in [2.75, 3.05) is 10.6 Å². The lowest BCUT2D eigenvalue weighted by Crippen LogP contribution is -2.12. The van der Waals surface area contributed by atoms with Crippen LogP contribution in [-0.4, -0.2) is 35.6 Å². The van der Waals surface area contributed by atoms with Gasteiger partial charge in [-0.1, -0.05) is 18.2 Å². The average molecular weight is 486 g/mol. The molecule has 0 radical (unpaired) electrons. The van der Waals surface area contributed by atoms with Gasteiger partial charge in [-0.2, -0.15) is 5.10 Å². The maximum atomic E-state index is 13.0. The van der Waals surface area contributed by atoms with Gasteiger partial charge in [0.15, 0.2) is 11.5 Å². The number of nitrogens with zero attached hydrogens (tertiary/aromatic N) is 6. The maximum absolute atomic E-state index is 13.0. The number of hydrogen-bond acceptors (Lipinski definition) is 7. The van der Waals surface area contributed by atoms with Crippen LogP contribution in [0.4, 0.5) is 26.0 Å². The van der Waals surface area contributed by atoms with Crippen LogP contribution in [0.5, 0.6) is 0 Å². The van der Waals surface area contributed by atoms with Gasteiger partial charge in [0, 0.05) is 41.9 Å². The Hall–Kier alpha value is -4.80. The zero-order valence-electron chi connectivity index (χ0n) is 19.3. The number of amides is 1. The third kappa shape index (κ3) is 4.58. The maximum Gasteiger partial charge on any atom is 0.263 e. The van der Waals surface area contributed by atoms with Crippen LogP contribution in [0.3, 0.4) is 0 Å². The van der Waals surface area contributed by atoms with Crippen molar-refractivity contribution in [2.24, 2.45) is 7.05 Å². The second-order valence-corrected chi connectivity index (χ2v) is 8.06. The van der Waals surface area contributed by atoms with Crippen molar-refractivity contribution in [3.05, 3.63) is 84.1 Å². The topological polar surface area (TPSA) is 111 Å². The quantitative estimate of drug-likeness (QED) is 0.345. The summed E-state index contributed by atoms with van der Waals surface area (Å²) in [5.41, 5.74) is 3.23. The van der Waals surface area contributed by atoms with E-state index in [1.807, 2.05) is 6.92 Å². The van der Waals surface area contributed by atoms with E-state index < -0.39 is 12.3 Å². The van der Waals surface area contributed by atoms with E-state index in [0.717, 1.165) is 5.56 Å². The number of aromatic nitrogens is 6. The Morgan fingerprint density at radius 1 is 1.03 bits per heavy atom.